The van der Waals surface area contributed by atoms with Gasteiger partial charge < -0.3 is 0 Å². The van der Waals surface area contributed by atoms with Gasteiger partial charge in [0.2, 0.25) is 0 Å². The number of hydrogen-bond donors (Lipinski definition) is 0. The normalized spacial score (nSPS) is 11.6. The highest BCUT2D eigenvalue weighted by Gasteiger charge is 2.17. The van der Waals surface area contributed by atoms with E-state index in [1.807, 2.05) is 29.0 Å². The van der Waals surface area contributed by atoms with E-state index in [4.69, 9.17) is 5.26 Å². The maximum atomic E-state index is 8.85. The molecule has 2 heterocycles. The summed E-state index contributed by atoms with van der Waals surface area (Å²) in [6.45, 7) is 7.32. The first-order valence-corrected chi connectivity index (χ1v) is 8.06. The zero-order chi connectivity index (χ0) is 16.6. The number of benzene rings is 1. The molecule has 0 atom stereocenters. The van der Waals surface area contributed by atoms with Crippen LogP contribution in [0.1, 0.15) is 26.5 Å². The second kappa shape index (κ2) is 5.74. The number of fused-ring (bicyclic) bond motifs is 1. The molecule has 3 aromatic rings. The molecule has 0 bridgehead atoms. The minimum atomic E-state index is 0.128. The van der Waals surface area contributed by atoms with Gasteiger partial charge in [0.15, 0.2) is 0 Å². The quantitative estimate of drug-likeness (QED) is 0.679. The van der Waals surface area contributed by atoms with Gasteiger partial charge in [0, 0.05) is 18.3 Å². The van der Waals surface area contributed by atoms with Gasteiger partial charge in [-0.2, -0.15) is 5.26 Å². The third-order valence-corrected chi connectivity index (χ3v) is 4.24. The lowest BCUT2D eigenvalue weighted by molar-refractivity contribution is 0.327. The van der Waals surface area contributed by atoms with Crippen molar-refractivity contribution in [3.05, 3.63) is 40.6 Å². The Bertz CT molecular complexity index is 898. The molecule has 0 saturated heterocycles. The molecule has 6 heteroatoms. The average Bonchev–Trinajstić information content (AvgIpc) is 2.90. The zero-order valence-electron chi connectivity index (χ0n) is 13.2. The van der Waals surface area contributed by atoms with Gasteiger partial charge in [-0.05, 0) is 45.1 Å². The second-order valence-electron chi connectivity index (χ2n) is 6.65. The number of pyridine rings is 1. The number of hydrogen-bond acceptors (Lipinski definition) is 4. The van der Waals surface area contributed by atoms with Crippen LogP contribution in [-0.4, -0.2) is 20.0 Å². The van der Waals surface area contributed by atoms with Crippen molar-refractivity contribution >= 4 is 27.0 Å². The summed E-state index contributed by atoms with van der Waals surface area (Å²) in [5, 5.41) is 17.4. The Kier molecular flexibility index (Phi) is 3.90. The monoisotopic (exact) mass is 369 g/mol. The number of aromatic nitrogens is 4. The molecular formula is C17H16BrN5. The smallest absolute Gasteiger partial charge is 0.140 e. The van der Waals surface area contributed by atoms with Crippen molar-refractivity contribution in [2.45, 2.75) is 27.3 Å². The molecule has 1 aromatic carbocycles. The zero-order valence-corrected chi connectivity index (χ0v) is 14.8. The van der Waals surface area contributed by atoms with E-state index in [0.29, 0.717) is 5.69 Å². The first-order valence-electron chi connectivity index (χ1n) is 7.27. The maximum absolute atomic E-state index is 8.85. The summed E-state index contributed by atoms with van der Waals surface area (Å²) in [5.41, 5.74) is 4.28. The number of nitrogens with zero attached hydrogens (tertiary/aromatic N) is 5. The van der Waals surface area contributed by atoms with Crippen molar-refractivity contribution in [1.82, 2.24) is 20.0 Å². The number of halogens is 1. The molecule has 0 N–H and O–H groups in total. The van der Waals surface area contributed by atoms with Crippen molar-refractivity contribution in [2.24, 2.45) is 5.41 Å². The van der Waals surface area contributed by atoms with Gasteiger partial charge in [0.05, 0.1) is 9.99 Å². The molecule has 0 aliphatic carbocycles. The van der Waals surface area contributed by atoms with E-state index < -0.39 is 0 Å². The van der Waals surface area contributed by atoms with Crippen LogP contribution >= 0.6 is 15.9 Å². The van der Waals surface area contributed by atoms with Crippen LogP contribution < -0.4 is 0 Å². The van der Waals surface area contributed by atoms with Gasteiger partial charge in [-0.1, -0.05) is 32.1 Å². The summed E-state index contributed by atoms with van der Waals surface area (Å²) in [6.07, 6.45) is 1.70. The molecule has 0 radical (unpaired) electrons. The largest absolute Gasteiger partial charge is 0.245 e. The van der Waals surface area contributed by atoms with Crippen LogP contribution in [0, 0.1) is 16.7 Å². The number of rotatable bonds is 2. The van der Waals surface area contributed by atoms with Gasteiger partial charge >= 0.3 is 0 Å². The average molecular weight is 370 g/mol. The van der Waals surface area contributed by atoms with Crippen molar-refractivity contribution in [3.8, 4) is 17.2 Å². The second-order valence-corrected chi connectivity index (χ2v) is 7.44. The van der Waals surface area contributed by atoms with Gasteiger partial charge in [0.25, 0.3) is 0 Å². The molecule has 23 heavy (non-hydrogen) atoms. The van der Waals surface area contributed by atoms with Crippen LogP contribution in [0.3, 0.4) is 0 Å². The first-order chi connectivity index (χ1) is 10.9. The Morgan fingerprint density at radius 2 is 2.00 bits per heavy atom. The van der Waals surface area contributed by atoms with E-state index in [0.717, 1.165) is 33.2 Å². The lowest BCUT2D eigenvalue weighted by atomic mass is 9.97. The Hall–Kier alpha value is -2.26. The molecule has 0 aliphatic rings. The van der Waals surface area contributed by atoms with Gasteiger partial charge in [-0.25, -0.2) is 9.67 Å². The standard InChI is InChI=1S/C17H16BrN5/c1-17(2,3)10-23-14-7-6-13(15(18)16(14)21-22-23)11-4-5-12(8-19)20-9-11/h4-7,9H,10H2,1-3H3. The topological polar surface area (TPSA) is 67.4 Å². The minimum absolute atomic E-state index is 0.128. The summed E-state index contributed by atoms with van der Waals surface area (Å²) in [4.78, 5) is 4.13. The van der Waals surface area contributed by atoms with Crippen LogP contribution in [0.5, 0.6) is 0 Å². The maximum Gasteiger partial charge on any atom is 0.140 e. The van der Waals surface area contributed by atoms with Crippen molar-refractivity contribution in [3.63, 3.8) is 0 Å². The lowest BCUT2D eigenvalue weighted by Gasteiger charge is -2.18. The van der Waals surface area contributed by atoms with Crippen LogP contribution in [0.4, 0.5) is 0 Å². The van der Waals surface area contributed by atoms with E-state index in [-0.39, 0.29) is 5.41 Å². The van der Waals surface area contributed by atoms with Crippen LogP contribution in [0.15, 0.2) is 34.9 Å². The van der Waals surface area contributed by atoms with Crippen LogP contribution in [0.2, 0.25) is 0 Å². The highest BCUT2D eigenvalue weighted by Crippen LogP contribution is 2.33. The molecule has 0 saturated carbocycles. The third-order valence-electron chi connectivity index (χ3n) is 3.44. The molecule has 0 spiro atoms. The van der Waals surface area contributed by atoms with E-state index in [9.17, 15) is 0 Å². The Morgan fingerprint density at radius 1 is 1.22 bits per heavy atom. The predicted octanol–water partition coefficient (Wildman–Crippen LogP) is 4.17. The molecule has 3 rings (SSSR count). The Labute approximate surface area is 143 Å². The van der Waals surface area contributed by atoms with Gasteiger partial charge in [-0.15, -0.1) is 5.10 Å². The third kappa shape index (κ3) is 3.10. The minimum Gasteiger partial charge on any atom is -0.245 e. The fourth-order valence-corrected chi connectivity index (χ4v) is 3.06. The molecule has 5 nitrogen and oxygen atoms in total. The van der Waals surface area contributed by atoms with Crippen molar-refractivity contribution < 1.29 is 0 Å². The summed E-state index contributed by atoms with van der Waals surface area (Å²) in [6, 6.07) is 9.68. The molecule has 2 aromatic heterocycles. The molecule has 0 unspecified atom stereocenters. The van der Waals surface area contributed by atoms with Crippen molar-refractivity contribution in [2.75, 3.05) is 0 Å². The highest BCUT2D eigenvalue weighted by molar-refractivity contribution is 9.10. The highest BCUT2D eigenvalue weighted by atomic mass is 79.9. The van der Waals surface area contributed by atoms with Crippen LogP contribution in [-0.2, 0) is 6.54 Å². The Morgan fingerprint density at radius 3 is 2.61 bits per heavy atom. The Balaban J connectivity index is 2.07. The fourth-order valence-electron chi connectivity index (χ4n) is 2.41. The van der Waals surface area contributed by atoms with E-state index in [1.165, 1.54) is 0 Å². The SMILES string of the molecule is CC(C)(C)Cn1nnc2c(Br)c(-c3ccc(C#N)nc3)ccc21. The summed E-state index contributed by atoms with van der Waals surface area (Å²) in [7, 11) is 0. The molecule has 0 fully saturated rings. The summed E-state index contributed by atoms with van der Waals surface area (Å²) < 4.78 is 2.82. The van der Waals surface area contributed by atoms with E-state index in [1.54, 1.807) is 12.3 Å². The molecule has 0 amide bonds. The van der Waals surface area contributed by atoms with Gasteiger partial charge in [0.1, 0.15) is 17.3 Å². The summed E-state index contributed by atoms with van der Waals surface area (Å²) in [5.74, 6) is 0. The molecular weight excluding hydrogens is 354 g/mol. The predicted molar refractivity (Wildman–Crippen MR) is 92.6 cm³/mol. The first kappa shape index (κ1) is 15.6. The lowest BCUT2D eigenvalue weighted by Crippen LogP contribution is -2.16. The van der Waals surface area contributed by atoms with Crippen molar-refractivity contribution in [1.29, 1.82) is 5.26 Å². The van der Waals surface area contributed by atoms with E-state index >= 15 is 0 Å². The summed E-state index contributed by atoms with van der Waals surface area (Å²) >= 11 is 3.64. The number of nitriles is 1. The van der Waals surface area contributed by atoms with E-state index in [2.05, 4.69) is 52.0 Å². The van der Waals surface area contributed by atoms with Gasteiger partial charge in [-0.3, -0.25) is 0 Å². The molecule has 116 valence electrons. The fraction of sp³-hybridized carbons (Fsp3) is 0.294. The van der Waals surface area contributed by atoms with Crippen LogP contribution in [0.25, 0.3) is 22.2 Å². The molecule has 0 aliphatic heterocycles.